The molecule has 3 aliphatic rings. The Morgan fingerprint density at radius 3 is 2.45 bits per heavy atom. The predicted molar refractivity (Wildman–Crippen MR) is 179 cm³/mol. The number of thioether (sulfide) groups is 2. The molecule has 0 aromatic carbocycles. The van der Waals surface area contributed by atoms with Crippen molar-refractivity contribution in [2.24, 2.45) is 17.1 Å². The van der Waals surface area contributed by atoms with Crippen molar-refractivity contribution in [1.82, 2.24) is 16.0 Å². The number of carbonyl (C=O) groups is 5. The van der Waals surface area contributed by atoms with E-state index < -0.39 is 17.6 Å². The van der Waals surface area contributed by atoms with Crippen molar-refractivity contribution < 1.29 is 28.7 Å². The van der Waals surface area contributed by atoms with Gasteiger partial charge in [0.25, 0.3) is 0 Å². The van der Waals surface area contributed by atoms with Crippen LogP contribution in [0.4, 0.5) is 0 Å². The number of ether oxygens (including phenoxy) is 1. The van der Waals surface area contributed by atoms with Gasteiger partial charge in [0.15, 0.2) is 5.78 Å². The summed E-state index contributed by atoms with van der Waals surface area (Å²) >= 11 is 3.82. The van der Waals surface area contributed by atoms with Crippen LogP contribution in [0.2, 0.25) is 0 Å². The van der Waals surface area contributed by atoms with Crippen LogP contribution >= 0.6 is 23.5 Å². The summed E-state index contributed by atoms with van der Waals surface area (Å²) in [5, 5.41) is 14.8. The van der Waals surface area contributed by atoms with Gasteiger partial charge >= 0.3 is 5.97 Å². The number of hydrogen-bond donors (Lipinski definition) is 5. The van der Waals surface area contributed by atoms with Crippen LogP contribution in [0.5, 0.6) is 0 Å². The molecule has 0 aromatic rings. The molecule has 0 aromatic heterocycles. The highest BCUT2D eigenvalue weighted by Crippen LogP contribution is 2.64. The van der Waals surface area contributed by atoms with Crippen LogP contribution in [-0.4, -0.2) is 89.5 Å². The molecule has 13 heteroatoms. The average molecular weight is 658 g/mol. The number of nitrogens with one attached hydrogen (secondary N) is 4. The molecule has 4 unspecified atom stereocenters. The SMILES string of the molecule is CCC(=O)C=N.CCCCCSCCC(=O)NCCCCC(N)C(=O)NCC(=O)OC(C)(C)C.O=C1NC2CSCC23CC13. The standard InChI is InChI=1S/C20H39N3O4S.C7H9NOS.C4H7NO/c1-5-6-9-13-28-14-11-17(24)22-12-8-7-10-16(21)19(26)23-15-18(25)27-20(2,3)4;9-6-4-1-7(4)3-10-2-5(7)8-6;1-2-4(6)3-5/h16H,5-15,21H2,1-4H3,(H,22,24)(H,23,26);4-5H,1-3H2,(H,8,9);3,5H,2H2,1H3. The zero-order valence-corrected chi connectivity index (χ0v) is 28.9. The monoisotopic (exact) mass is 657 g/mol. The topological polar surface area (TPSA) is 181 Å². The lowest BCUT2D eigenvalue weighted by Gasteiger charge is -2.20. The molecule has 1 saturated carbocycles. The molecule has 1 spiro atoms. The molecule has 4 atom stereocenters. The second-order valence-electron chi connectivity index (χ2n) is 12.4. The van der Waals surface area contributed by atoms with Gasteiger partial charge in [0.2, 0.25) is 17.7 Å². The highest BCUT2D eigenvalue weighted by atomic mass is 32.2. The van der Waals surface area contributed by atoms with E-state index in [1.807, 2.05) is 23.5 Å². The van der Waals surface area contributed by atoms with Crippen LogP contribution in [0.25, 0.3) is 0 Å². The molecule has 6 N–H and O–H groups in total. The summed E-state index contributed by atoms with van der Waals surface area (Å²) in [6.45, 7) is 9.62. The first-order valence-corrected chi connectivity index (χ1v) is 18.1. The molecule has 252 valence electrons. The molecule has 2 heterocycles. The molecule has 11 nitrogen and oxygen atoms in total. The third kappa shape index (κ3) is 15.7. The number of esters is 1. The molecule has 0 radical (unpaired) electrons. The first kappa shape index (κ1) is 39.9. The van der Waals surface area contributed by atoms with Gasteiger partial charge in [-0.25, -0.2) is 0 Å². The molecule has 44 heavy (non-hydrogen) atoms. The lowest BCUT2D eigenvalue weighted by Crippen LogP contribution is -2.43. The van der Waals surface area contributed by atoms with Crippen LogP contribution < -0.4 is 21.7 Å². The lowest BCUT2D eigenvalue weighted by molar-refractivity contribution is -0.154. The number of carbonyl (C=O) groups excluding carboxylic acids is 5. The molecule has 0 bridgehead atoms. The number of hydrogen-bond acceptors (Lipinski definition) is 10. The fourth-order valence-corrected chi connectivity index (χ4v) is 7.35. The van der Waals surface area contributed by atoms with Gasteiger partial charge in [-0.3, -0.25) is 24.0 Å². The Balaban J connectivity index is 0.000000478. The van der Waals surface area contributed by atoms with E-state index in [0.29, 0.717) is 49.1 Å². The minimum absolute atomic E-state index is 0.0717. The van der Waals surface area contributed by atoms with Gasteiger partial charge in [0.1, 0.15) is 12.1 Å². The summed E-state index contributed by atoms with van der Waals surface area (Å²) in [4.78, 5) is 56.2. The smallest absolute Gasteiger partial charge is 0.325 e. The van der Waals surface area contributed by atoms with E-state index >= 15 is 0 Å². The fourth-order valence-electron chi connectivity index (χ4n) is 4.74. The van der Waals surface area contributed by atoms with Gasteiger partial charge in [-0.15, -0.1) is 0 Å². The Morgan fingerprint density at radius 2 is 1.89 bits per heavy atom. The second-order valence-corrected chi connectivity index (χ2v) is 14.6. The van der Waals surface area contributed by atoms with E-state index in [-0.39, 0.29) is 24.1 Å². The highest BCUT2D eigenvalue weighted by molar-refractivity contribution is 7.99. The van der Waals surface area contributed by atoms with Crippen molar-refractivity contribution in [2.45, 2.75) is 110 Å². The molecule has 3 fully saturated rings. The summed E-state index contributed by atoms with van der Waals surface area (Å²) in [6.07, 6.45) is 8.69. The van der Waals surface area contributed by atoms with Gasteiger partial charge in [0.05, 0.1) is 12.3 Å². The minimum Gasteiger partial charge on any atom is -0.459 e. The number of amides is 3. The Kier molecular flexibility index (Phi) is 18.9. The van der Waals surface area contributed by atoms with Crippen molar-refractivity contribution in [3.05, 3.63) is 0 Å². The number of unbranched alkanes of at least 4 members (excludes halogenated alkanes) is 3. The van der Waals surface area contributed by atoms with Crippen LogP contribution in [0.1, 0.15) is 92.4 Å². The van der Waals surface area contributed by atoms with Crippen molar-refractivity contribution in [3.63, 3.8) is 0 Å². The first-order chi connectivity index (χ1) is 20.8. The number of piperidine rings is 1. The molecule has 2 saturated heterocycles. The summed E-state index contributed by atoms with van der Waals surface area (Å²) in [6, 6.07) is -0.132. The van der Waals surface area contributed by atoms with Crippen molar-refractivity contribution in [3.8, 4) is 0 Å². The van der Waals surface area contributed by atoms with E-state index in [9.17, 15) is 24.0 Å². The molecular formula is C31H55N5O6S2. The van der Waals surface area contributed by atoms with Crippen molar-refractivity contribution in [2.75, 3.05) is 36.1 Å². The number of rotatable bonds is 17. The zero-order chi connectivity index (χ0) is 33.2. The largest absolute Gasteiger partial charge is 0.459 e. The zero-order valence-electron chi connectivity index (χ0n) is 27.3. The summed E-state index contributed by atoms with van der Waals surface area (Å²) in [5.74, 6) is 4.20. The van der Waals surface area contributed by atoms with E-state index in [1.54, 1.807) is 27.7 Å². The maximum Gasteiger partial charge on any atom is 0.325 e. The molecule has 3 amide bonds. The number of ketones is 1. The van der Waals surface area contributed by atoms with Gasteiger partial charge in [-0.05, 0) is 58.6 Å². The van der Waals surface area contributed by atoms with Gasteiger partial charge < -0.3 is 31.8 Å². The quantitative estimate of drug-likeness (QED) is 0.0892. The van der Waals surface area contributed by atoms with Crippen molar-refractivity contribution in [1.29, 1.82) is 5.41 Å². The van der Waals surface area contributed by atoms with Gasteiger partial charge in [0, 0.05) is 54.0 Å². The molecule has 3 rings (SSSR count). The Hall–Kier alpha value is -2.12. The number of Topliss-reactive ketones (excluding diaryl/α,β-unsaturated/α-hetero) is 1. The maximum atomic E-state index is 11.9. The first-order valence-electron chi connectivity index (χ1n) is 15.8. The fraction of sp³-hybridized carbons (Fsp3) is 0.806. The maximum absolute atomic E-state index is 11.9. The Morgan fingerprint density at radius 1 is 1.16 bits per heavy atom. The van der Waals surface area contributed by atoms with Crippen LogP contribution in [0.15, 0.2) is 0 Å². The lowest BCUT2D eigenvalue weighted by atomic mass is 10.0. The predicted octanol–water partition coefficient (Wildman–Crippen LogP) is 3.22. The van der Waals surface area contributed by atoms with E-state index in [4.69, 9.17) is 15.9 Å². The molecule has 1 aliphatic carbocycles. The third-order valence-corrected chi connectivity index (χ3v) is 9.78. The van der Waals surface area contributed by atoms with Crippen molar-refractivity contribution >= 4 is 59.2 Å². The molecular weight excluding hydrogens is 603 g/mol. The summed E-state index contributed by atoms with van der Waals surface area (Å²) < 4.78 is 5.12. The highest BCUT2D eigenvalue weighted by Gasteiger charge is 2.69. The van der Waals surface area contributed by atoms with E-state index in [2.05, 4.69) is 22.9 Å². The Bertz CT molecular complexity index is 960. The molecule has 2 aliphatic heterocycles. The van der Waals surface area contributed by atoms with E-state index in [1.165, 1.54) is 31.4 Å². The minimum atomic E-state index is -0.669. The third-order valence-electron chi connectivity index (χ3n) is 7.40. The van der Waals surface area contributed by atoms with Crippen LogP contribution in [-0.2, 0) is 28.7 Å². The average Bonchev–Trinajstić information content (AvgIpc) is 3.47. The van der Waals surface area contributed by atoms with Gasteiger partial charge in [-0.1, -0.05) is 26.7 Å². The van der Waals surface area contributed by atoms with Crippen LogP contribution in [0.3, 0.4) is 0 Å². The van der Waals surface area contributed by atoms with E-state index in [0.717, 1.165) is 36.3 Å². The number of nitrogens with two attached hydrogens (primary N) is 1. The summed E-state index contributed by atoms with van der Waals surface area (Å²) in [5.41, 5.74) is 5.70. The summed E-state index contributed by atoms with van der Waals surface area (Å²) in [7, 11) is 0. The second kappa shape index (κ2) is 20.8. The van der Waals surface area contributed by atoms with Gasteiger partial charge in [-0.2, -0.15) is 23.5 Å². The Labute approximate surface area is 272 Å². The van der Waals surface area contributed by atoms with Crippen LogP contribution in [0, 0.1) is 16.7 Å². The normalized spacial score (nSPS) is 21.5.